The molecule has 0 fully saturated rings. The summed E-state index contributed by atoms with van der Waals surface area (Å²) >= 11 is 0. The van der Waals surface area contributed by atoms with E-state index in [1.165, 1.54) is 11.1 Å². The third-order valence-corrected chi connectivity index (χ3v) is 4.92. The van der Waals surface area contributed by atoms with Crippen LogP contribution in [0.2, 0.25) is 0 Å². The minimum atomic E-state index is 0.0275. The summed E-state index contributed by atoms with van der Waals surface area (Å²) in [5, 5.41) is 16.4. The number of benzene rings is 3. The zero-order chi connectivity index (χ0) is 20.3. The van der Waals surface area contributed by atoms with Crippen LogP contribution in [0.25, 0.3) is 0 Å². The zero-order valence-corrected chi connectivity index (χ0v) is 16.9. The van der Waals surface area contributed by atoms with Gasteiger partial charge < -0.3 is 15.7 Å². The molecule has 0 spiro atoms. The van der Waals surface area contributed by atoms with Crippen LogP contribution in [0.4, 0.5) is 0 Å². The highest BCUT2D eigenvalue weighted by atomic mass is 16.3. The van der Waals surface area contributed by atoms with Gasteiger partial charge in [-0.3, -0.25) is 0 Å². The SMILES string of the molecule is CCNC(=NCc1ccccc1CO)NCC(c1ccccc1)c1ccccc1. The molecule has 3 aromatic carbocycles. The van der Waals surface area contributed by atoms with Gasteiger partial charge in [-0.15, -0.1) is 0 Å². The van der Waals surface area contributed by atoms with E-state index in [1.807, 2.05) is 36.4 Å². The van der Waals surface area contributed by atoms with Crippen LogP contribution in [-0.4, -0.2) is 24.2 Å². The van der Waals surface area contributed by atoms with Gasteiger partial charge in [0.05, 0.1) is 13.2 Å². The molecule has 0 aliphatic rings. The highest BCUT2D eigenvalue weighted by Crippen LogP contribution is 2.23. The Morgan fingerprint density at radius 2 is 1.34 bits per heavy atom. The van der Waals surface area contributed by atoms with Crippen molar-refractivity contribution < 1.29 is 5.11 Å². The maximum Gasteiger partial charge on any atom is 0.191 e. The Morgan fingerprint density at radius 1 is 0.793 bits per heavy atom. The van der Waals surface area contributed by atoms with Gasteiger partial charge in [0.15, 0.2) is 5.96 Å². The molecule has 0 radical (unpaired) electrons. The fourth-order valence-electron chi connectivity index (χ4n) is 3.37. The van der Waals surface area contributed by atoms with Gasteiger partial charge in [0.2, 0.25) is 0 Å². The monoisotopic (exact) mass is 387 g/mol. The Hall–Kier alpha value is -3.11. The minimum Gasteiger partial charge on any atom is -0.392 e. The first kappa shape index (κ1) is 20.6. The Balaban J connectivity index is 1.76. The molecule has 0 aliphatic carbocycles. The van der Waals surface area contributed by atoms with Gasteiger partial charge in [-0.25, -0.2) is 4.99 Å². The van der Waals surface area contributed by atoms with E-state index in [9.17, 15) is 5.11 Å². The largest absolute Gasteiger partial charge is 0.392 e. The first-order chi connectivity index (χ1) is 14.3. The van der Waals surface area contributed by atoms with E-state index in [4.69, 9.17) is 4.99 Å². The Morgan fingerprint density at radius 3 is 1.90 bits per heavy atom. The van der Waals surface area contributed by atoms with Gasteiger partial charge in [0, 0.05) is 19.0 Å². The number of aliphatic imine (C=N–C) groups is 1. The van der Waals surface area contributed by atoms with Gasteiger partial charge in [0.1, 0.15) is 0 Å². The first-order valence-electron chi connectivity index (χ1n) is 10.1. The van der Waals surface area contributed by atoms with Crippen LogP contribution < -0.4 is 10.6 Å². The van der Waals surface area contributed by atoms with Crippen molar-refractivity contribution in [1.29, 1.82) is 0 Å². The summed E-state index contributed by atoms with van der Waals surface area (Å²) in [6.07, 6.45) is 0. The molecule has 0 unspecified atom stereocenters. The second kappa shape index (κ2) is 11.0. The minimum absolute atomic E-state index is 0.0275. The van der Waals surface area contributed by atoms with E-state index in [1.54, 1.807) is 0 Å². The lowest BCUT2D eigenvalue weighted by molar-refractivity contribution is 0.280. The standard InChI is InChI=1S/C25H29N3O/c1-2-26-25(27-17-22-15-9-10-16-23(22)19-29)28-18-24(20-11-5-3-6-12-20)21-13-7-4-8-14-21/h3-16,24,29H,2,17-19H2,1H3,(H2,26,27,28). The van der Waals surface area contributed by atoms with Gasteiger partial charge in [-0.1, -0.05) is 84.9 Å². The van der Waals surface area contributed by atoms with Crippen molar-refractivity contribution in [3.63, 3.8) is 0 Å². The molecule has 0 heterocycles. The van der Waals surface area contributed by atoms with Crippen LogP contribution in [0.3, 0.4) is 0 Å². The molecule has 29 heavy (non-hydrogen) atoms. The number of rotatable bonds is 8. The molecule has 3 N–H and O–H groups in total. The van der Waals surface area contributed by atoms with Crippen LogP contribution in [-0.2, 0) is 13.2 Å². The van der Waals surface area contributed by atoms with E-state index in [0.717, 1.165) is 30.2 Å². The molecule has 0 saturated heterocycles. The van der Waals surface area contributed by atoms with Crippen LogP contribution >= 0.6 is 0 Å². The molecule has 0 amide bonds. The molecule has 3 rings (SSSR count). The number of guanidine groups is 1. The van der Waals surface area contributed by atoms with E-state index in [-0.39, 0.29) is 12.5 Å². The molecule has 4 heteroatoms. The van der Waals surface area contributed by atoms with E-state index >= 15 is 0 Å². The van der Waals surface area contributed by atoms with Crippen molar-refractivity contribution >= 4 is 5.96 Å². The first-order valence-corrected chi connectivity index (χ1v) is 10.1. The number of hydrogen-bond donors (Lipinski definition) is 3. The van der Waals surface area contributed by atoms with Crippen LogP contribution in [0, 0.1) is 0 Å². The summed E-state index contributed by atoms with van der Waals surface area (Å²) in [6, 6.07) is 28.9. The van der Waals surface area contributed by atoms with Crippen LogP contribution in [0.5, 0.6) is 0 Å². The number of aliphatic hydroxyl groups is 1. The predicted octanol–water partition coefficient (Wildman–Crippen LogP) is 4.07. The quantitative estimate of drug-likeness (QED) is 0.403. The molecule has 0 aromatic heterocycles. The number of aliphatic hydroxyl groups excluding tert-OH is 1. The third-order valence-electron chi connectivity index (χ3n) is 4.92. The molecule has 0 aliphatic heterocycles. The summed E-state index contributed by atoms with van der Waals surface area (Å²) in [5.74, 6) is 1.00. The van der Waals surface area contributed by atoms with Crippen LogP contribution in [0.1, 0.15) is 35.1 Å². The summed E-state index contributed by atoms with van der Waals surface area (Å²) < 4.78 is 0. The van der Waals surface area contributed by atoms with Crippen molar-refractivity contribution in [2.45, 2.75) is 26.0 Å². The molecule has 0 saturated carbocycles. The topological polar surface area (TPSA) is 56.7 Å². The van der Waals surface area contributed by atoms with Crippen LogP contribution in [0.15, 0.2) is 89.9 Å². The van der Waals surface area contributed by atoms with Gasteiger partial charge >= 0.3 is 0 Å². The maximum atomic E-state index is 9.54. The second-order valence-electron chi connectivity index (χ2n) is 6.88. The second-order valence-corrected chi connectivity index (χ2v) is 6.88. The molecule has 4 nitrogen and oxygen atoms in total. The fourth-order valence-corrected chi connectivity index (χ4v) is 3.37. The maximum absolute atomic E-state index is 9.54. The fraction of sp³-hybridized carbons (Fsp3) is 0.240. The lowest BCUT2D eigenvalue weighted by Gasteiger charge is -2.20. The summed E-state index contributed by atoms with van der Waals surface area (Å²) in [4.78, 5) is 4.73. The van der Waals surface area contributed by atoms with Crippen molar-refractivity contribution in [2.75, 3.05) is 13.1 Å². The Kier molecular flexibility index (Phi) is 7.84. The summed E-state index contributed by atoms with van der Waals surface area (Å²) in [5.41, 5.74) is 4.49. The van der Waals surface area contributed by atoms with E-state index < -0.39 is 0 Å². The highest BCUT2D eigenvalue weighted by molar-refractivity contribution is 5.79. The van der Waals surface area contributed by atoms with E-state index in [0.29, 0.717) is 6.54 Å². The van der Waals surface area contributed by atoms with Gasteiger partial charge in [-0.05, 0) is 29.2 Å². The smallest absolute Gasteiger partial charge is 0.191 e. The summed E-state index contributed by atoms with van der Waals surface area (Å²) in [7, 11) is 0. The lowest BCUT2D eigenvalue weighted by Crippen LogP contribution is -2.39. The van der Waals surface area contributed by atoms with Crippen molar-refractivity contribution in [2.24, 2.45) is 4.99 Å². The molecule has 3 aromatic rings. The van der Waals surface area contributed by atoms with Gasteiger partial charge in [-0.2, -0.15) is 0 Å². The third kappa shape index (κ3) is 5.93. The molecular weight excluding hydrogens is 358 g/mol. The number of nitrogens with zero attached hydrogens (tertiary/aromatic N) is 1. The highest BCUT2D eigenvalue weighted by Gasteiger charge is 2.14. The predicted molar refractivity (Wildman–Crippen MR) is 120 cm³/mol. The van der Waals surface area contributed by atoms with Crippen molar-refractivity contribution in [3.05, 3.63) is 107 Å². The van der Waals surface area contributed by atoms with E-state index in [2.05, 4.69) is 66.1 Å². The van der Waals surface area contributed by atoms with Crippen molar-refractivity contribution in [3.8, 4) is 0 Å². The molecule has 0 bridgehead atoms. The Bertz CT molecular complexity index is 855. The molecular formula is C25H29N3O. The zero-order valence-electron chi connectivity index (χ0n) is 16.9. The average molecular weight is 388 g/mol. The number of nitrogens with one attached hydrogen (secondary N) is 2. The lowest BCUT2D eigenvalue weighted by atomic mass is 9.91. The summed E-state index contributed by atoms with van der Waals surface area (Å²) in [6.45, 7) is 4.13. The van der Waals surface area contributed by atoms with Gasteiger partial charge in [0.25, 0.3) is 0 Å². The molecule has 150 valence electrons. The van der Waals surface area contributed by atoms with Crippen molar-refractivity contribution in [1.82, 2.24) is 10.6 Å². The Labute approximate surface area is 173 Å². The average Bonchev–Trinajstić information content (AvgIpc) is 2.79. The normalized spacial score (nSPS) is 11.5. The molecule has 0 atom stereocenters. The number of hydrogen-bond acceptors (Lipinski definition) is 2.